The summed E-state index contributed by atoms with van der Waals surface area (Å²) in [6.45, 7) is 0. The van der Waals surface area contributed by atoms with Crippen molar-refractivity contribution in [1.82, 2.24) is 4.98 Å². The van der Waals surface area contributed by atoms with E-state index in [-0.39, 0.29) is 0 Å². The molecule has 3 nitrogen and oxygen atoms in total. The molecule has 0 aliphatic rings. The molecule has 0 amide bonds. The molecular weight excluding hydrogens is 314 g/mol. The van der Waals surface area contributed by atoms with Crippen molar-refractivity contribution < 1.29 is 8.63 Å². The maximum Gasteiger partial charge on any atom is 0.236 e. The van der Waals surface area contributed by atoms with E-state index in [4.69, 9.17) is 4.42 Å². The largest absolute Gasteiger partial charge is 0.444 e. The summed E-state index contributed by atoms with van der Waals surface area (Å²) in [5, 5.41) is 1.98. The number of benzene rings is 1. The molecule has 5 heteroatoms. The zero-order valence-electron chi connectivity index (χ0n) is 11.8. The van der Waals surface area contributed by atoms with E-state index in [0.29, 0.717) is 17.4 Å². The van der Waals surface area contributed by atoms with Crippen molar-refractivity contribution in [3.8, 4) is 10.8 Å². The zero-order chi connectivity index (χ0) is 15.2. The van der Waals surface area contributed by atoms with Crippen LogP contribution in [-0.2, 0) is 16.6 Å². The normalized spacial score (nSPS) is 12.7. The van der Waals surface area contributed by atoms with Crippen molar-refractivity contribution in [2.45, 2.75) is 5.75 Å². The molecular formula is C17H15NO2S2. The summed E-state index contributed by atoms with van der Waals surface area (Å²) >= 11 is 1.58. The van der Waals surface area contributed by atoms with Gasteiger partial charge in [-0.25, -0.2) is 4.98 Å². The van der Waals surface area contributed by atoms with Crippen LogP contribution in [0.2, 0.25) is 0 Å². The Morgan fingerprint density at radius 1 is 1.18 bits per heavy atom. The predicted octanol–water partition coefficient (Wildman–Crippen LogP) is 4.37. The number of nitrogens with zero attached hydrogens (tertiary/aromatic N) is 1. The molecule has 0 spiro atoms. The molecule has 0 bridgehead atoms. The van der Waals surface area contributed by atoms with Crippen molar-refractivity contribution in [2.24, 2.45) is 0 Å². The first-order valence-corrected chi connectivity index (χ1v) is 9.23. The Labute approximate surface area is 135 Å². The third kappa shape index (κ3) is 4.02. The molecule has 112 valence electrons. The number of hydrogen-bond acceptors (Lipinski definition) is 4. The fourth-order valence-corrected chi connectivity index (χ4v) is 3.51. The topological polar surface area (TPSA) is 43.1 Å². The van der Waals surface area contributed by atoms with Crippen LogP contribution in [0.4, 0.5) is 0 Å². The lowest BCUT2D eigenvalue weighted by molar-refractivity contribution is 0.574. The fraction of sp³-hybridized carbons (Fsp3) is 0.118. The van der Waals surface area contributed by atoms with Gasteiger partial charge in [-0.1, -0.05) is 48.6 Å². The minimum atomic E-state index is -0.984. The van der Waals surface area contributed by atoms with E-state index in [1.54, 1.807) is 17.6 Å². The average molecular weight is 329 g/mol. The molecule has 0 N–H and O–H groups in total. The zero-order valence-corrected chi connectivity index (χ0v) is 13.5. The van der Waals surface area contributed by atoms with Crippen molar-refractivity contribution in [3.05, 3.63) is 71.4 Å². The van der Waals surface area contributed by atoms with Gasteiger partial charge in [-0.3, -0.25) is 4.21 Å². The summed E-state index contributed by atoms with van der Waals surface area (Å²) < 4.78 is 17.5. The van der Waals surface area contributed by atoms with Gasteiger partial charge in [0.1, 0.15) is 6.26 Å². The van der Waals surface area contributed by atoms with Gasteiger partial charge in [0, 0.05) is 16.6 Å². The van der Waals surface area contributed by atoms with Crippen LogP contribution in [0.5, 0.6) is 0 Å². The van der Waals surface area contributed by atoms with Gasteiger partial charge in [0.25, 0.3) is 0 Å². The van der Waals surface area contributed by atoms with Gasteiger partial charge in [-0.2, -0.15) is 0 Å². The summed E-state index contributed by atoms with van der Waals surface area (Å²) in [7, 11) is -0.984. The number of oxazole rings is 1. The monoisotopic (exact) mass is 329 g/mol. The van der Waals surface area contributed by atoms with E-state index in [0.717, 1.165) is 16.1 Å². The second-order valence-electron chi connectivity index (χ2n) is 4.69. The Morgan fingerprint density at radius 3 is 2.82 bits per heavy atom. The molecule has 3 aromatic rings. The van der Waals surface area contributed by atoms with Crippen LogP contribution in [-0.4, -0.2) is 14.9 Å². The summed E-state index contributed by atoms with van der Waals surface area (Å²) in [5.41, 5.74) is 1.84. The van der Waals surface area contributed by atoms with E-state index in [2.05, 4.69) is 4.98 Å². The van der Waals surface area contributed by atoms with E-state index >= 15 is 0 Å². The van der Waals surface area contributed by atoms with E-state index in [9.17, 15) is 4.21 Å². The quantitative estimate of drug-likeness (QED) is 0.674. The molecule has 0 radical (unpaired) electrons. The maximum atomic E-state index is 12.1. The van der Waals surface area contributed by atoms with Crippen molar-refractivity contribution in [1.29, 1.82) is 0 Å². The Morgan fingerprint density at radius 2 is 2.05 bits per heavy atom. The summed E-state index contributed by atoms with van der Waals surface area (Å²) in [6, 6.07) is 13.9. The molecule has 0 fully saturated rings. The van der Waals surface area contributed by atoms with E-state index < -0.39 is 10.8 Å². The summed E-state index contributed by atoms with van der Waals surface area (Å²) in [4.78, 5) is 5.37. The SMILES string of the molecule is O=S(C/C=C/c1ccccc1)Cc1coc(-c2cccs2)n1. The first-order valence-electron chi connectivity index (χ1n) is 6.86. The molecule has 0 saturated carbocycles. The first kappa shape index (κ1) is 14.9. The molecule has 3 rings (SSSR count). The Balaban J connectivity index is 1.55. The van der Waals surface area contributed by atoms with Crippen LogP contribution >= 0.6 is 11.3 Å². The highest BCUT2D eigenvalue weighted by atomic mass is 32.2. The molecule has 1 unspecified atom stereocenters. The maximum absolute atomic E-state index is 12.1. The lowest BCUT2D eigenvalue weighted by atomic mass is 10.2. The third-order valence-corrected chi connectivity index (χ3v) is 5.02. The molecule has 0 aliphatic heterocycles. The van der Waals surface area contributed by atoms with Gasteiger partial charge < -0.3 is 4.42 Å². The molecule has 1 atom stereocenters. The van der Waals surface area contributed by atoms with Crippen LogP contribution in [0.15, 0.2) is 64.6 Å². The first-order chi connectivity index (χ1) is 10.8. The third-order valence-electron chi connectivity index (χ3n) is 2.98. The Bertz CT molecular complexity index is 761. The number of aromatic nitrogens is 1. The van der Waals surface area contributed by atoms with Crippen LogP contribution in [0.1, 0.15) is 11.3 Å². The molecule has 1 aromatic carbocycles. The lowest BCUT2D eigenvalue weighted by Gasteiger charge is -1.95. The van der Waals surface area contributed by atoms with Crippen LogP contribution in [0.25, 0.3) is 16.8 Å². The molecule has 2 heterocycles. The van der Waals surface area contributed by atoms with Crippen LogP contribution in [0.3, 0.4) is 0 Å². The standard InChI is InChI=1S/C17H15NO2S2/c19-22(11-5-8-14-6-2-1-3-7-14)13-15-12-20-17(18-15)16-9-4-10-21-16/h1-10,12H,11,13H2/b8-5+. The number of hydrogen-bond donors (Lipinski definition) is 0. The van der Waals surface area contributed by atoms with Crippen molar-refractivity contribution in [2.75, 3.05) is 5.75 Å². The smallest absolute Gasteiger partial charge is 0.236 e. The van der Waals surface area contributed by atoms with Gasteiger partial charge in [0.2, 0.25) is 5.89 Å². The van der Waals surface area contributed by atoms with Gasteiger partial charge in [0.05, 0.1) is 16.3 Å². The second-order valence-corrected chi connectivity index (χ2v) is 7.13. The number of rotatable bonds is 6. The van der Waals surface area contributed by atoms with Crippen LogP contribution < -0.4 is 0 Å². The van der Waals surface area contributed by atoms with Gasteiger partial charge >= 0.3 is 0 Å². The highest BCUT2D eigenvalue weighted by molar-refractivity contribution is 7.84. The van der Waals surface area contributed by atoms with Gasteiger partial charge in [0.15, 0.2) is 0 Å². The Kier molecular flexibility index (Phi) is 4.98. The fourth-order valence-electron chi connectivity index (χ4n) is 1.97. The van der Waals surface area contributed by atoms with Gasteiger partial charge in [-0.15, -0.1) is 11.3 Å². The Hall–Kier alpha value is -1.98. The minimum absolute atomic E-state index is 0.411. The van der Waals surface area contributed by atoms with Crippen molar-refractivity contribution in [3.63, 3.8) is 0 Å². The summed E-state index contributed by atoms with van der Waals surface area (Å²) in [6.07, 6.45) is 5.51. The molecule has 22 heavy (non-hydrogen) atoms. The summed E-state index contributed by atoms with van der Waals surface area (Å²) in [5.74, 6) is 1.52. The lowest BCUT2D eigenvalue weighted by Crippen LogP contribution is -1.98. The number of thiophene rings is 1. The van der Waals surface area contributed by atoms with E-state index in [1.807, 2.05) is 60.0 Å². The van der Waals surface area contributed by atoms with Crippen LogP contribution in [0, 0.1) is 0 Å². The van der Waals surface area contributed by atoms with Gasteiger partial charge in [-0.05, 0) is 17.0 Å². The average Bonchev–Trinajstić information content (AvgIpc) is 3.19. The minimum Gasteiger partial charge on any atom is -0.444 e. The van der Waals surface area contributed by atoms with Crippen molar-refractivity contribution >= 4 is 28.2 Å². The predicted molar refractivity (Wildman–Crippen MR) is 92.0 cm³/mol. The highest BCUT2D eigenvalue weighted by Gasteiger charge is 2.09. The highest BCUT2D eigenvalue weighted by Crippen LogP contribution is 2.23. The molecule has 2 aromatic heterocycles. The second kappa shape index (κ2) is 7.33. The molecule has 0 saturated heterocycles. The van der Waals surface area contributed by atoms with E-state index in [1.165, 1.54) is 0 Å². The molecule has 0 aliphatic carbocycles.